The number of fused-ring (bicyclic) bond motifs is 1. The Morgan fingerprint density at radius 1 is 1.19 bits per heavy atom. The minimum absolute atomic E-state index is 0. The van der Waals surface area contributed by atoms with Crippen LogP contribution in [0.3, 0.4) is 0 Å². The molecule has 1 aliphatic rings. The molecule has 140 valence electrons. The second-order valence-corrected chi connectivity index (χ2v) is 7.12. The minimum Gasteiger partial charge on any atom is -0.323 e. The fourth-order valence-electron chi connectivity index (χ4n) is 3.20. The van der Waals surface area contributed by atoms with E-state index in [1.54, 1.807) is 6.07 Å². The number of anilines is 1. The number of hydrogen-bond donors (Lipinski definition) is 2. The van der Waals surface area contributed by atoms with E-state index in [1.165, 1.54) is 5.56 Å². The molecular weight excluding hydrogens is 351 g/mol. The molecule has 2 aromatic carbocycles. The van der Waals surface area contributed by atoms with E-state index < -0.39 is 5.41 Å². The summed E-state index contributed by atoms with van der Waals surface area (Å²) in [6.07, 6.45) is 1.61. The number of hydrogen-bond acceptors (Lipinski definition) is 2. The van der Waals surface area contributed by atoms with Crippen molar-refractivity contribution in [3.8, 4) is 0 Å². The third kappa shape index (κ3) is 3.92. The van der Waals surface area contributed by atoms with E-state index in [4.69, 9.17) is 0 Å². The zero-order chi connectivity index (χ0) is 18.0. The van der Waals surface area contributed by atoms with Gasteiger partial charge in [0, 0.05) is 6.54 Å². The van der Waals surface area contributed by atoms with Gasteiger partial charge in [0.1, 0.15) is 5.82 Å². The Labute approximate surface area is 160 Å². The van der Waals surface area contributed by atoms with Crippen molar-refractivity contribution in [3.05, 3.63) is 64.5 Å². The molecule has 5 heteroatoms. The van der Waals surface area contributed by atoms with Gasteiger partial charge in [-0.15, -0.1) is 12.4 Å². The maximum atomic E-state index is 14.8. The van der Waals surface area contributed by atoms with Gasteiger partial charge in [-0.3, -0.25) is 4.79 Å². The lowest BCUT2D eigenvalue weighted by molar-refractivity contribution is -0.120. The Hall–Kier alpha value is -1.91. The topological polar surface area (TPSA) is 41.1 Å². The normalized spacial score (nSPS) is 13.5. The molecule has 3 rings (SSSR count). The maximum absolute atomic E-state index is 14.8. The van der Waals surface area contributed by atoms with Gasteiger partial charge in [-0.1, -0.05) is 37.3 Å². The van der Waals surface area contributed by atoms with Crippen molar-refractivity contribution in [2.75, 3.05) is 11.9 Å². The summed E-state index contributed by atoms with van der Waals surface area (Å²) in [4.78, 5) is 12.8. The van der Waals surface area contributed by atoms with Crippen molar-refractivity contribution in [1.29, 1.82) is 0 Å². The molecule has 0 fully saturated rings. The maximum Gasteiger partial charge on any atom is 0.234 e. The molecule has 1 amide bonds. The van der Waals surface area contributed by atoms with Crippen molar-refractivity contribution in [2.45, 2.75) is 45.6 Å². The fourth-order valence-corrected chi connectivity index (χ4v) is 3.20. The number of rotatable bonds is 4. The molecule has 0 aliphatic carbocycles. The van der Waals surface area contributed by atoms with Crippen molar-refractivity contribution in [2.24, 2.45) is 0 Å². The zero-order valence-corrected chi connectivity index (χ0v) is 16.3. The smallest absolute Gasteiger partial charge is 0.234 e. The molecule has 1 aliphatic heterocycles. The first-order valence-electron chi connectivity index (χ1n) is 8.85. The van der Waals surface area contributed by atoms with E-state index in [1.807, 2.05) is 44.2 Å². The average Bonchev–Trinajstić information content (AvgIpc) is 2.64. The third-order valence-corrected chi connectivity index (χ3v) is 5.11. The Morgan fingerprint density at radius 2 is 1.88 bits per heavy atom. The van der Waals surface area contributed by atoms with Gasteiger partial charge >= 0.3 is 0 Å². The van der Waals surface area contributed by atoms with Crippen LogP contribution in [0.25, 0.3) is 0 Å². The number of halogens is 2. The van der Waals surface area contributed by atoms with Crippen molar-refractivity contribution in [1.82, 2.24) is 5.32 Å². The van der Waals surface area contributed by atoms with Crippen LogP contribution in [0, 0.1) is 5.82 Å². The van der Waals surface area contributed by atoms with E-state index in [2.05, 4.69) is 17.6 Å². The highest BCUT2D eigenvalue weighted by Crippen LogP contribution is 2.29. The molecule has 26 heavy (non-hydrogen) atoms. The second kappa shape index (κ2) is 8.19. The Balaban J connectivity index is 0.00000243. The first-order valence-corrected chi connectivity index (χ1v) is 8.85. The van der Waals surface area contributed by atoms with E-state index in [0.717, 1.165) is 24.1 Å². The standard InChI is InChI=1S/C21H25FN2O.ClH/c1-4-14-5-8-16(9-6-14)21(2,3)20(25)24-18-10-7-15-13-23-12-11-17(15)19(18)22;/h5-10,23H,4,11-13H2,1-3H3,(H,24,25);1H. The monoisotopic (exact) mass is 376 g/mol. The molecule has 0 atom stereocenters. The molecule has 2 aromatic rings. The van der Waals surface area contributed by atoms with Gasteiger partial charge in [-0.05, 0) is 61.6 Å². The van der Waals surface area contributed by atoms with Crippen LogP contribution in [0.5, 0.6) is 0 Å². The Kier molecular flexibility index (Phi) is 6.43. The van der Waals surface area contributed by atoms with Crippen molar-refractivity contribution in [3.63, 3.8) is 0 Å². The summed E-state index contributed by atoms with van der Waals surface area (Å²) < 4.78 is 14.8. The highest BCUT2D eigenvalue weighted by Gasteiger charge is 2.30. The number of aryl methyl sites for hydroxylation is 1. The van der Waals surface area contributed by atoms with Gasteiger partial charge in [0.15, 0.2) is 0 Å². The highest BCUT2D eigenvalue weighted by molar-refractivity contribution is 5.98. The summed E-state index contributed by atoms with van der Waals surface area (Å²) in [6, 6.07) is 11.6. The number of benzene rings is 2. The fraction of sp³-hybridized carbons (Fsp3) is 0.381. The summed E-state index contributed by atoms with van der Waals surface area (Å²) in [6.45, 7) is 7.26. The molecule has 3 nitrogen and oxygen atoms in total. The molecule has 0 radical (unpaired) electrons. The summed E-state index contributed by atoms with van der Waals surface area (Å²) >= 11 is 0. The molecule has 2 N–H and O–H groups in total. The predicted molar refractivity (Wildman–Crippen MR) is 107 cm³/mol. The summed E-state index contributed by atoms with van der Waals surface area (Å²) in [5.41, 5.74) is 3.36. The minimum atomic E-state index is -0.740. The summed E-state index contributed by atoms with van der Waals surface area (Å²) in [5.74, 6) is -0.506. The van der Waals surface area contributed by atoms with E-state index in [9.17, 15) is 9.18 Å². The second-order valence-electron chi connectivity index (χ2n) is 7.12. The lowest BCUT2D eigenvalue weighted by Crippen LogP contribution is -2.35. The van der Waals surface area contributed by atoms with Gasteiger partial charge in [0.25, 0.3) is 0 Å². The highest BCUT2D eigenvalue weighted by atomic mass is 35.5. The summed E-state index contributed by atoms with van der Waals surface area (Å²) in [7, 11) is 0. The molecule has 0 saturated heterocycles. The summed E-state index contributed by atoms with van der Waals surface area (Å²) in [5, 5.41) is 6.02. The van der Waals surface area contributed by atoms with Gasteiger partial charge in [-0.25, -0.2) is 4.39 Å². The van der Waals surface area contributed by atoms with Crippen LogP contribution in [0.4, 0.5) is 10.1 Å². The molecule has 0 aromatic heterocycles. The van der Waals surface area contributed by atoms with E-state index in [-0.39, 0.29) is 29.8 Å². The van der Waals surface area contributed by atoms with E-state index >= 15 is 0 Å². The molecule has 1 heterocycles. The average molecular weight is 377 g/mol. The van der Waals surface area contributed by atoms with Crippen LogP contribution in [0.1, 0.15) is 43.0 Å². The van der Waals surface area contributed by atoms with Crippen molar-refractivity contribution < 1.29 is 9.18 Å². The lowest BCUT2D eigenvalue weighted by atomic mass is 9.83. The zero-order valence-electron chi connectivity index (χ0n) is 15.5. The quantitative estimate of drug-likeness (QED) is 0.831. The van der Waals surface area contributed by atoms with Gasteiger partial charge in [0.2, 0.25) is 5.91 Å². The SMILES string of the molecule is CCc1ccc(C(C)(C)C(=O)Nc2ccc3c(c2F)CCNC3)cc1.Cl. The predicted octanol–water partition coefficient (Wildman–Crippen LogP) is 4.37. The van der Waals surface area contributed by atoms with Crippen LogP contribution < -0.4 is 10.6 Å². The van der Waals surface area contributed by atoms with Gasteiger partial charge < -0.3 is 10.6 Å². The third-order valence-electron chi connectivity index (χ3n) is 5.11. The number of amides is 1. The molecule has 0 saturated carbocycles. The molecular formula is C21H26ClFN2O. The molecule has 0 bridgehead atoms. The molecule has 0 unspecified atom stereocenters. The molecule has 0 spiro atoms. The van der Waals surface area contributed by atoms with Crippen molar-refractivity contribution >= 4 is 24.0 Å². The number of carbonyl (C=O) groups excluding carboxylic acids is 1. The van der Waals surface area contributed by atoms with Gasteiger partial charge in [0.05, 0.1) is 11.1 Å². The number of nitrogens with one attached hydrogen (secondary N) is 2. The first kappa shape index (κ1) is 20.4. The van der Waals surface area contributed by atoms with Crippen LogP contribution in [0.15, 0.2) is 36.4 Å². The van der Waals surface area contributed by atoms with Crippen LogP contribution in [-0.2, 0) is 29.6 Å². The Morgan fingerprint density at radius 3 is 2.54 bits per heavy atom. The largest absolute Gasteiger partial charge is 0.323 e. The Bertz CT molecular complexity index is 787. The van der Waals surface area contributed by atoms with Crippen LogP contribution >= 0.6 is 12.4 Å². The first-order chi connectivity index (χ1) is 11.9. The van der Waals surface area contributed by atoms with Gasteiger partial charge in [-0.2, -0.15) is 0 Å². The van der Waals surface area contributed by atoms with E-state index in [0.29, 0.717) is 18.5 Å². The van der Waals surface area contributed by atoms with Crippen LogP contribution in [-0.4, -0.2) is 12.5 Å². The number of carbonyl (C=O) groups is 1. The lowest BCUT2D eigenvalue weighted by Gasteiger charge is -2.25. The van der Waals surface area contributed by atoms with Crippen LogP contribution in [0.2, 0.25) is 0 Å².